The van der Waals surface area contributed by atoms with Gasteiger partial charge in [-0.25, -0.2) is 0 Å². The van der Waals surface area contributed by atoms with Crippen LogP contribution in [0.15, 0.2) is 60.7 Å². The fourth-order valence-electron chi connectivity index (χ4n) is 2.57. The predicted molar refractivity (Wildman–Crippen MR) is 87.8 cm³/mol. The molecule has 19 heavy (non-hydrogen) atoms. The molecule has 0 heterocycles. The zero-order valence-corrected chi connectivity index (χ0v) is 12.6. The maximum Gasteiger partial charge on any atom is 0.00893 e. The van der Waals surface area contributed by atoms with Crippen molar-refractivity contribution in [3.8, 4) is 0 Å². The first kappa shape index (κ1) is 14.3. The van der Waals surface area contributed by atoms with Gasteiger partial charge in [0.05, 0.1) is 0 Å². The fourth-order valence-corrected chi connectivity index (χ4v) is 2.85. The molecule has 1 unspecified atom stereocenters. The lowest BCUT2D eigenvalue weighted by Gasteiger charge is -2.18. The molecule has 2 aromatic rings. The van der Waals surface area contributed by atoms with Crippen LogP contribution in [-0.2, 0) is 0 Å². The van der Waals surface area contributed by atoms with E-state index in [2.05, 4.69) is 69.9 Å². The maximum absolute atomic E-state index is 2.82. The minimum absolute atomic E-state index is 0.548. The summed E-state index contributed by atoms with van der Waals surface area (Å²) in [4.78, 5) is 0. The smallest absolute Gasteiger partial charge is 0.00893 e. The topological polar surface area (TPSA) is 0 Å². The van der Waals surface area contributed by atoms with Crippen molar-refractivity contribution in [2.75, 3.05) is 6.16 Å². The molecular formula is C18H23P. The average Bonchev–Trinajstić information content (AvgIpc) is 2.49. The van der Waals surface area contributed by atoms with E-state index in [-0.39, 0.29) is 0 Å². The number of hydrogen-bond donors (Lipinski definition) is 0. The van der Waals surface area contributed by atoms with Crippen LogP contribution >= 0.6 is 9.24 Å². The molecule has 0 aliphatic carbocycles. The lowest BCUT2D eigenvalue weighted by atomic mass is 9.87. The molecule has 2 rings (SSSR count). The Labute approximate surface area is 119 Å². The van der Waals surface area contributed by atoms with Crippen molar-refractivity contribution in [2.45, 2.75) is 31.6 Å². The summed E-state index contributed by atoms with van der Waals surface area (Å²) in [6.45, 7) is 0. The molecule has 0 amide bonds. The summed E-state index contributed by atoms with van der Waals surface area (Å²) < 4.78 is 0. The van der Waals surface area contributed by atoms with Crippen LogP contribution in [0, 0.1) is 0 Å². The van der Waals surface area contributed by atoms with Gasteiger partial charge in [0.15, 0.2) is 0 Å². The van der Waals surface area contributed by atoms with Gasteiger partial charge in [0.1, 0.15) is 0 Å². The van der Waals surface area contributed by atoms with E-state index in [1.807, 2.05) is 0 Å². The van der Waals surface area contributed by atoms with Gasteiger partial charge in [-0.05, 0) is 30.1 Å². The molecule has 0 aliphatic heterocycles. The lowest BCUT2D eigenvalue weighted by molar-refractivity contribution is 0.621. The molecule has 2 aromatic carbocycles. The van der Waals surface area contributed by atoms with Crippen LogP contribution in [0.2, 0.25) is 0 Å². The number of benzene rings is 2. The van der Waals surface area contributed by atoms with Crippen molar-refractivity contribution in [3.05, 3.63) is 71.8 Å². The van der Waals surface area contributed by atoms with E-state index in [1.165, 1.54) is 43.0 Å². The van der Waals surface area contributed by atoms with Gasteiger partial charge >= 0.3 is 0 Å². The van der Waals surface area contributed by atoms with Crippen molar-refractivity contribution in [1.82, 2.24) is 0 Å². The van der Waals surface area contributed by atoms with Crippen molar-refractivity contribution in [1.29, 1.82) is 0 Å². The van der Waals surface area contributed by atoms with Gasteiger partial charge in [0.2, 0.25) is 0 Å². The first-order valence-corrected chi connectivity index (χ1v) is 8.03. The quantitative estimate of drug-likeness (QED) is 0.476. The molecule has 100 valence electrons. The highest BCUT2D eigenvalue weighted by molar-refractivity contribution is 7.16. The van der Waals surface area contributed by atoms with E-state index >= 15 is 0 Å². The molecule has 0 fully saturated rings. The van der Waals surface area contributed by atoms with Crippen molar-refractivity contribution in [2.24, 2.45) is 0 Å². The fraction of sp³-hybridized carbons (Fsp3) is 0.333. The highest BCUT2D eigenvalue weighted by atomic mass is 31.0. The third kappa shape index (κ3) is 4.48. The number of rotatable bonds is 7. The molecule has 0 saturated carbocycles. The summed E-state index contributed by atoms with van der Waals surface area (Å²) in [6.07, 6.45) is 6.43. The SMILES string of the molecule is PCCCCCC(c1ccccc1)c1ccccc1. The van der Waals surface area contributed by atoms with E-state index in [9.17, 15) is 0 Å². The molecule has 0 saturated heterocycles. The Morgan fingerprint density at radius 3 is 1.68 bits per heavy atom. The minimum Gasteiger partial charge on any atom is -0.138 e. The monoisotopic (exact) mass is 270 g/mol. The van der Waals surface area contributed by atoms with Gasteiger partial charge in [-0.1, -0.05) is 73.5 Å². The molecule has 0 nitrogen and oxygen atoms in total. The van der Waals surface area contributed by atoms with Crippen LogP contribution in [0.4, 0.5) is 0 Å². The second-order valence-electron chi connectivity index (χ2n) is 5.01. The summed E-state index contributed by atoms with van der Waals surface area (Å²) in [6, 6.07) is 21.8. The molecule has 0 bridgehead atoms. The van der Waals surface area contributed by atoms with Gasteiger partial charge in [0.25, 0.3) is 0 Å². The summed E-state index contributed by atoms with van der Waals surface area (Å²) >= 11 is 0. The Morgan fingerprint density at radius 2 is 1.21 bits per heavy atom. The van der Waals surface area contributed by atoms with Gasteiger partial charge in [-0.15, -0.1) is 9.24 Å². The predicted octanol–water partition coefficient (Wildman–Crippen LogP) is 5.25. The van der Waals surface area contributed by atoms with Gasteiger partial charge in [-0.2, -0.15) is 0 Å². The zero-order valence-electron chi connectivity index (χ0n) is 11.5. The summed E-state index contributed by atoms with van der Waals surface area (Å²) in [5.74, 6) is 0.548. The van der Waals surface area contributed by atoms with Crippen LogP contribution in [0.3, 0.4) is 0 Å². The standard InChI is InChI=1S/C18H23P/c19-15-9-3-8-14-18(16-10-4-1-5-11-16)17-12-6-2-7-13-17/h1-2,4-7,10-13,18H,3,8-9,14-15,19H2. The first-order chi connectivity index (χ1) is 9.42. The molecule has 0 N–H and O–H groups in total. The van der Waals surface area contributed by atoms with Gasteiger partial charge in [-0.3, -0.25) is 0 Å². The largest absolute Gasteiger partial charge is 0.138 e. The Hall–Kier alpha value is -1.13. The minimum atomic E-state index is 0.548. The van der Waals surface area contributed by atoms with Crippen molar-refractivity contribution < 1.29 is 0 Å². The van der Waals surface area contributed by atoms with E-state index < -0.39 is 0 Å². The van der Waals surface area contributed by atoms with Gasteiger partial charge < -0.3 is 0 Å². The summed E-state index contributed by atoms with van der Waals surface area (Å²) in [5.41, 5.74) is 2.89. The normalized spacial score (nSPS) is 10.8. The van der Waals surface area contributed by atoms with E-state index in [1.54, 1.807) is 0 Å². The Morgan fingerprint density at radius 1 is 0.684 bits per heavy atom. The third-order valence-corrected chi connectivity index (χ3v) is 4.01. The summed E-state index contributed by atoms with van der Waals surface area (Å²) in [7, 11) is 2.82. The molecule has 1 atom stereocenters. The second kappa shape index (κ2) is 8.12. The Kier molecular flexibility index (Phi) is 6.11. The van der Waals surface area contributed by atoms with E-state index in [0.29, 0.717) is 5.92 Å². The molecule has 0 aromatic heterocycles. The second-order valence-corrected chi connectivity index (χ2v) is 5.59. The first-order valence-electron chi connectivity index (χ1n) is 7.22. The number of hydrogen-bond acceptors (Lipinski definition) is 0. The molecule has 0 spiro atoms. The highest BCUT2D eigenvalue weighted by Crippen LogP contribution is 2.29. The molecule has 0 radical (unpaired) electrons. The Bertz CT molecular complexity index is 410. The van der Waals surface area contributed by atoms with Crippen LogP contribution < -0.4 is 0 Å². The Balaban J connectivity index is 2.10. The van der Waals surface area contributed by atoms with Crippen LogP contribution in [0.25, 0.3) is 0 Å². The molecular weight excluding hydrogens is 247 g/mol. The maximum atomic E-state index is 2.82. The molecule has 0 aliphatic rings. The third-order valence-electron chi connectivity index (χ3n) is 3.60. The van der Waals surface area contributed by atoms with E-state index in [0.717, 1.165) is 0 Å². The molecule has 1 heteroatoms. The van der Waals surface area contributed by atoms with Crippen molar-refractivity contribution >= 4 is 9.24 Å². The zero-order chi connectivity index (χ0) is 13.3. The van der Waals surface area contributed by atoms with Crippen molar-refractivity contribution in [3.63, 3.8) is 0 Å². The summed E-state index contributed by atoms with van der Waals surface area (Å²) in [5, 5.41) is 0. The average molecular weight is 270 g/mol. The van der Waals surface area contributed by atoms with E-state index in [4.69, 9.17) is 0 Å². The van der Waals surface area contributed by atoms with Crippen LogP contribution in [0.1, 0.15) is 42.7 Å². The number of unbranched alkanes of at least 4 members (excludes halogenated alkanes) is 2. The van der Waals surface area contributed by atoms with Crippen LogP contribution in [0.5, 0.6) is 0 Å². The van der Waals surface area contributed by atoms with Gasteiger partial charge in [0, 0.05) is 5.92 Å². The lowest BCUT2D eigenvalue weighted by Crippen LogP contribution is -2.01. The highest BCUT2D eigenvalue weighted by Gasteiger charge is 2.12. The van der Waals surface area contributed by atoms with Crippen LogP contribution in [-0.4, -0.2) is 6.16 Å².